The number of rotatable bonds is 10. The van der Waals surface area contributed by atoms with E-state index in [-0.39, 0.29) is 49.3 Å². The van der Waals surface area contributed by atoms with Crippen LogP contribution in [0.4, 0.5) is 11.4 Å². The molecule has 0 saturated carbocycles. The van der Waals surface area contributed by atoms with Crippen LogP contribution in [-0.4, -0.2) is 78.3 Å². The maximum Gasteiger partial charge on any atom is 0.204 e. The topological polar surface area (TPSA) is 113 Å². The van der Waals surface area contributed by atoms with E-state index in [9.17, 15) is 9.59 Å². The molecule has 2 rings (SSSR count). The first kappa shape index (κ1) is 20.6. The standard InChI is InChI=1S/C19H25N3O5/c1-21(6-9-23)17-13-18(26)16(12-19(17)27)20-14-2-4-15(5-3-14)22(7-10-24)8-11-25/h2-5,12-13,20,23-25H,6-11H2,1H3. The van der Waals surface area contributed by atoms with Gasteiger partial charge in [-0.2, -0.15) is 0 Å². The summed E-state index contributed by atoms with van der Waals surface area (Å²) in [7, 11) is 1.64. The van der Waals surface area contributed by atoms with E-state index in [4.69, 9.17) is 15.3 Å². The molecule has 0 amide bonds. The van der Waals surface area contributed by atoms with Gasteiger partial charge in [0.1, 0.15) is 0 Å². The number of nitrogens with one attached hydrogen (secondary N) is 1. The van der Waals surface area contributed by atoms with E-state index in [2.05, 4.69) is 5.32 Å². The van der Waals surface area contributed by atoms with Crippen molar-refractivity contribution in [3.63, 3.8) is 0 Å². The fraction of sp³-hybridized carbons (Fsp3) is 0.368. The van der Waals surface area contributed by atoms with Gasteiger partial charge in [0, 0.05) is 50.2 Å². The summed E-state index contributed by atoms with van der Waals surface area (Å²) >= 11 is 0. The predicted octanol–water partition coefficient (Wildman–Crippen LogP) is -0.267. The number of anilines is 2. The van der Waals surface area contributed by atoms with Gasteiger partial charge in [0.25, 0.3) is 0 Å². The van der Waals surface area contributed by atoms with E-state index in [0.717, 1.165) is 5.69 Å². The second kappa shape index (κ2) is 9.86. The number of hydrogen-bond acceptors (Lipinski definition) is 8. The minimum Gasteiger partial charge on any atom is -0.395 e. The van der Waals surface area contributed by atoms with E-state index in [0.29, 0.717) is 18.8 Å². The van der Waals surface area contributed by atoms with Gasteiger partial charge in [0.05, 0.1) is 31.2 Å². The molecule has 0 radical (unpaired) electrons. The molecule has 0 bridgehead atoms. The van der Waals surface area contributed by atoms with Crippen molar-refractivity contribution in [2.75, 3.05) is 56.7 Å². The maximum atomic E-state index is 12.3. The highest BCUT2D eigenvalue weighted by Gasteiger charge is 2.22. The van der Waals surface area contributed by atoms with Gasteiger partial charge in [0.15, 0.2) is 0 Å². The molecule has 146 valence electrons. The molecule has 27 heavy (non-hydrogen) atoms. The highest BCUT2D eigenvalue weighted by molar-refractivity contribution is 6.20. The average Bonchev–Trinajstić information content (AvgIpc) is 2.65. The molecule has 0 heterocycles. The zero-order chi connectivity index (χ0) is 19.8. The second-order valence-corrected chi connectivity index (χ2v) is 6.07. The summed E-state index contributed by atoms with van der Waals surface area (Å²) in [6, 6.07) is 7.12. The second-order valence-electron chi connectivity index (χ2n) is 6.07. The van der Waals surface area contributed by atoms with Gasteiger partial charge in [-0.25, -0.2) is 0 Å². The summed E-state index contributed by atoms with van der Waals surface area (Å²) < 4.78 is 0. The van der Waals surface area contributed by atoms with Crippen LogP contribution in [0, 0.1) is 0 Å². The first-order chi connectivity index (χ1) is 13.0. The smallest absolute Gasteiger partial charge is 0.204 e. The van der Waals surface area contributed by atoms with E-state index < -0.39 is 0 Å². The third-order valence-corrected chi connectivity index (χ3v) is 4.16. The van der Waals surface area contributed by atoms with Crippen molar-refractivity contribution < 1.29 is 24.9 Å². The van der Waals surface area contributed by atoms with Crippen molar-refractivity contribution in [1.29, 1.82) is 0 Å². The van der Waals surface area contributed by atoms with Gasteiger partial charge >= 0.3 is 0 Å². The Morgan fingerprint density at radius 2 is 1.44 bits per heavy atom. The molecule has 0 fully saturated rings. The lowest BCUT2D eigenvalue weighted by atomic mass is 10.1. The van der Waals surface area contributed by atoms with Gasteiger partial charge in [-0.1, -0.05) is 0 Å². The number of ketones is 2. The van der Waals surface area contributed by atoms with Crippen LogP contribution in [0.25, 0.3) is 0 Å². The zero-order valence-corrected chi connectivity index (χ0v) is 15.3. The first-order valence-electron chi connectivity index (χ1n) is 8.68. The highest BCUT2D eigenvalue weighted by Crippen LogP contribution is 2.21. The fourth-order valence-corrected chi connectivity index (χ4v) is 2.74. The molecular formula is C19H25N3O5. The predicted molar refractivity (Wildman–Crippen MR) is 102 cm³/mol. The van der Waals surface area contributed by atoms with Gasteiger partial charge in [-0.3, -0.25) is 9.59 Å². The van der Waals surface area contributed by atoms with Crippen LogP contribution in [0.5, 0.6) is 0 Å². The molecule has 0 atom stereocenters. The van der Waals surface area contributed by atoms with Crippen molar-refractivity contribution in [3.8, 4) is 0 Å². The third-order valence-electron chi connectivity index (χ3n) is 4.16. The molecular weight excluding hydrogens is 350 g/mol. The average molecular weight is 375 g/mol. The van der Waals surface area contributed by atoms with Crippen molar-refractivity contribution in [2.24, 2.45) is 0 Å². The summed E-state index contributed by atoms with van der Waals surface area (Å²) in [5, 5.41) is 30.1. The number of hydrogen-bond donors (Lipinski definition) is 4. The van der Waals surface area contributed by atoms with Crippen LogP contribution in [0.1, 0.15) is 0 Å². The monoisotopic (exact) mass is 375 g/mol. The Balaban J connectivity index is 2.08. The van der Waals surface area contributed by atoms with E-state index in [1.807, 2.05) is 4.90 Å². The van der Waals surface area contributed by atoms with Crippen molar-refractivity contribution in [3.05, 3.63) is 47.8 Å². The highest BCUT2D eigenvalue weighted by atomic mass is 16.3. The molecule has 0 unspecified atom stereocenters. The van der Waals surface area contributed by atoms with Crippen molar-refractivity contribution in [2.45, 2.75) is 0 Å². The summed E-state index contributed by atoms with van der Waals surface area (Å²) in [4.78, 5) is 27.9. The quantitative estimate of drug-likeness (QED) is 0.414. The zero-order valence-electron chi connectivity index (χ0n) is 15.3. The Labute approximate surface area is 158 Å². The van der Waals surface area contributed by atoms with E-state index in [1.54, 1.807) is 36.2 Å². The molecule has 1 aromatic carbocycles. The number of likely N-dealkylation sites (N-methyl/N-ethyl adjacent to an activating group) is 1. The van der Waals surface area contributed by atoms with Crippen LogP contribution in [0.2, 0.25) is 0 Å². The number of nitrogens with zero attached hydrogens (tertiary/aromatic N) is 2. The van der Waals surface area contributed by atoms with Crippen LogP contribution in [0.15, 0.2) is 47.8 Å². The molecule has 1 aliphatic carbocycles. The third kappa shape index (κ3) is 5.40. The molecule has 1 aliphatic rings. The fourth-order valence-electron chi connectivity index (χ4n) is 2.74. The Bertz CT molecular complexity index is 721. The van der Waals surface area contributed by atoms with E-state index in [1.165, 1.54) is 12.2 Å². The number of benzene rings is 1. The number of aliphatic hydroxyl groups is 3. The van der Waals surface area contributed by atoms with Crippen molar-refractivity contribution >= 4 is 22.9 Å². The number of aliphatic hydroxyl groups excluding tert-OH is 3. The van der Waals surface area contributed by atoms with Crippen LogP contribution in [-0.2, 0) is 9.59 Å². The Hall–Kier alpha value is -2.68. The SMILES string of the molecule is CN(CCO)C1=CC(=O)C(Nc2ccc(N(CCO)CCO)cc2)=CC1=O. The number of allylic oxidation sites excluding steroid dienone is 2. The van der Waals surface area contributed by atoms with Crippen molar-refractivity contribution in [1.82, 2.24) is 4.90 Å². The van der Waals surface area contributed by atoms with E-state index >= 15 is 0 Å². The Morgan fingerprint density at radius 1 is 0.852 bits per heavy atom. The molecule has 8 nitrogen and oxygen atoms in total. The minimum atomic E-state index is -0.319. The van der Waals surface area contributed by atoms with Gasteiger partial charge < -0.3 is 30.4 Å². The van der Waals surface area contributed by atoms with Gasteiger partial charge in [-0.05, 0) is 24.3 Å². The molecule has 8 heteroatoms. The van der Waals surface area contributed by atoms with Crippen LogP contribution >= 0.6 is 0 Å². The number of carbonyl (C=O) groups excluding carboxylic acids is 2. The number of carbonyl (C=O) groups is 2. The lowest BCUT2D eigenvalue weighted by Crippen LogP contribution is -2.30. The Kier molecular flexibility index (Phi) is 7.54. The van der Waals surface area contributed by atoms with Gasteiger partial charge in [0.2, 0.25) is 11.6 Å². The summed E-state index contributed by atoms with van der Waals surface area (Å²) in [5.74, 6) is -0.623. The minimum absolute atomic E-state index is 0.0249. The molecule has 0 spiro atoms. The van der Waals surface area contributed by atoms with Crippen LogP contribution < -0.4 is 10.2 Å². The lowest BCUT2D eigenvalue weighted by molar-refractivity contribution is -0.116. The maximum absolute atomic E-state index is 12.3. The Morgan fingerprint density at radius 3 is 2.00 bits per heavy atom. The molecule has 1 aromatic rings. The van der Waals surface area contributed by atoms with Crippen LogP contribution in [0.3, 0.4) is 0 Å². The molecule has 0 aliphatic heterocycles. The first-order valence-corrected chi connectivity index (χ1v) is 8.68. The normalized spacial score (nSPS) is 13.9. The molecule has 0 aromatic heterocycles. The molecule has 4 N–H and O–H groups in total. The summed E-state index contributed by atoms with van der Waals surface area (Å²) in [6.45, 7) is 0.910. The van der Waals surface area contributed by atoms with Gasteiger partial charge in [-0.15, -0.1) is 0 Å². The largest absolute Gasteiger partial charge is 0.395 e. The lowest BCUT2D eigenvalue weighted by Gasteiger charge is -2.24. The summed E-state index contributed by atoms with van der Waals surface area (Å²) in [5.41, 5.74) is 1.89. The summed E-state index contributed by atoms with van der Waals surface area (Å²) in [6.07, 6.45) is 2.52. The molecule has 0 saturated heterocycles.